The second kappa shape index (κ2) is 10.0. The average molecular weight is 327 g/mol. The average Bonchev–Trinajstić information content (AvgIpc) is 2.64. The summed E-state index contributed by atoms with van der Waals surface area (Å²) < 4.78 is 4.91. The Morgan fingerprint density at radius 2 is 1.52 bits per heavy atom. The number of Topliss-reactive ketones (excluding diaryl/α,β-unsaturated/α-hetero) is 1. The molecule has 1 rings (SSSR count). The van der Waals surface area contributed by atoms with E-state index in [1.807, 2.05) is 13.8 Å². The van der Waals surface area contributed by atoms with Gasteiger partial charge in [0.1, 0.15) is 6.73 Å². The van der Waals surface area contributed by atoms with Gasteiger partial charge < -0.3 is 9.64 Å². The first-order chi connectivity index (χ1) is 10.9. The van der Waals surface area contributed by atoms with Gasteiger partial charge in [0.25, 0.3) is 6.47 Å². The summed E-state index contributed by atoms with van der Waals surface area (Å²) >= 11 is 0. The minimum atomic E-state index is -0.261. The van der Waals surface area contributed by atoms with Crippen molar-refractivity contribution >= 4 is 12.3 Å². The molecule has 1 saturated heterocycles. The highest BCUT2D eigenvalue weighted by molar-refractivity contribution is 5.85. The minimum Gasteiger partial charge on any atom is -0.452 e. The molecular formula is C17H33N3O3. The van der Waals surface area contributed by atoms with E-state index in [-0.39, 0.29) is 5.41 Å². The third-order valence-corrected chi connectivity index (χ3v) is 4.98. The molecule has 0 aromatic rings. The summed E-state index contributed by atoms with van der Waals surface area (Å²) in [6.07, 6.45) is 0.861. The van der Waals surface area contributed by atoms with Crippen molar-refractivity contribution in [2.45, 2.75) is 34.1 Å². The van der Waals surface area contributed by atoms with Gasteiger partial charge in [-0.2, -0.15) is 0 Å². The molecule has 1 fully saturated rings. The van der Waals surface area contributed by atoms with Gasteiger partial charge in [-0.1, -0.05) is 27.7 Å². The first-order valence-corrected chi connectivity index (χ1v) is 8.68. The van der Waals surface area contributed by atoms with Crippen molar-refractivity contribution in [3.8, 4) is 0 Å². The number of nitrogens with zero attached hydrogens (tertiary/aromatic N) is 3. The van der Waals surface area contributed by atoms with E-state index < -0.39 is 0 Å². The van der Waals surface area contributed by atoms with E-state index in [0.717, 1.165) is 52.2 Å². The molecule has 23 heavy (non-hydrogen) atoms. The van der Waals surface area contributed by atoms with Crippen molar-refractivity contribution < 1.29 is 14.3 Å². The monoisotopic (exact) mass is 327 g/mol. The zero-order chi connectivity index (χ0) is 17.3. The first-order valence-electron chi connectivity index (χ1n) is 8.68. The van der Waals surface area contributed by atoms with Gasteiger partial charge in [-0.05, 0) is 13.0 Å². The molecule has 1 aliphatic rings. The van der Waals surface area contributed by atoms with Gasteiger partial charge in [0.15, 0.2) is 5.78 Å². The van der Waals surface area contributed by atoms with Gasteiger partial charge in [0.2, 0.25) is 0 Å². The zero-order valence-corrected chi connectivity index (χ0v) is 15.2. The highest BCUT2D eigenvalue weighted by atomic mass is 16.5. The lowest BCUT2D eigenvalue weighted by molar-refractivity contribution is -0.133. The lowest BCUT2D eigenvalue weighted by Crippen LogP contribution is -2.42. The third kappa shape index (κ3) is 6.97. The van der Waals surface area contributed by atoms with Gasteiger partial charge in [0, 0.05) is 44.7 Å². The van der Waals surface area contributed by atoms with Crippen LogP contribution in [0.3, 0.4) is 0 Å². The van der Waals surface area contributed by atoms with Crippen LogP contribution in [0.1, 0.15) is 34.1 Å². The Labute approximate surface area is 140 Å². The quantitative estimate of drug-likeness (QED) is 0.622. The van der Waals surface area contributed by atoms with Crippen LogP contribution in [0.25, 0.3) is 0 Å². The molecule has 0 atom stereocenters. The van der Waals surface area contributed by atoms with Crippen molar-refractivity contribution in [2.75, 3.05) is 59.1 Å². The first kappa shape index (κ1) is 20.1. The maximum atomic E-state index is 12.5. The van der Waals surface area contributed by atoms with Crippen LogP contribution < -0.4 is 0 Å². The summed E-state index contributed by atoms with van der Waals surface area (Å²) in [6.45, 7) is 15.9. The Balaban J connectivity index is 2.67. The molecule has 0 spiro atoms. The molecule has 0 amide bonds. The SMILES string of the molecule is CCN1CCN(COC=O)CCN(CC(=O)C(C)(C)CC)CC1. The number of ether oxygens (including phenoxy) is 1. The second-order valence-corrected chi connectivity index (χ2v) is 6.88. The maximum absolute atomic E-state index is 12.5. The fraction of sp³-hybridized carbons (Fsp3) is 0.882. The maximum Gasteiger partial charge on any atom is 0.294 e. The highest BCUT2D eigenvalue weighted by Gasteiger charge is 2.27. The zero-order valence-electron chi connectivity index (χ0n) is 15.2. The van der Waals surface area contributed by atoms with Crippen LogP contribution in [-0.4, -0.2) is 86.0 Å². The van der Waals surface area contributed by atoms with Crippen LogP contribution in [-0.2, 0) is 14.3 Å². The van der Waals surface area contributed by atoms with Crippen LogP contribution >= 0.6 is 0 Å². The van der Waals surface area contributed by atoms with Gasteiger partial charge in [-0.3, -0.25) is 19.4 Å². The second-order valence-electron chi connectivity index (χ2n) is 6.88. The van der Waals surface area contributed by atoms with Crippen molar-refractivity contribution in [3.63, 3.8) is 0 Å². The fourth-order valence-electron chi connectivity index (χ4n) is 2.54. The summed E-state index contributed by atoms with van der Waals surface area (Å²) in [6, 6.07) is 0. The van der Waals surface area contributed by atoms with Crippen LogP contribution in [0.4, 0.5) is 0 Å². The Morgan fingerprint density at radius 3 is 2.00 bits per heavy atom. The Kier molecular flexibility index (Phi) is 8.73. The molecule has 0 saturated carbocycles. The van der Waals surface area contributed by atoms with E-state index in [4.69, 9.17) is 4.74 Å². The topological polar surface area (TPSA) is 53.1 Å². The number of hydrogen-bond donors (Lipinski definition) is 0. The minimum absolute atomic E-state index is 0.261. The van der Waals surface area contributed by atoms with E-state index in [2.05, 4.69) is 28.5 Å². The molecular weight excluding hydrogens is 294 g/mol. The van der Waals surface area contributed by atoms with Crippen molar-refractivity contribution in [1.82, 2.24) is 14.7 Å². The van der Waals surface area contributed by atoms with Gasteiger partial charge in [-0.15, -0.1) is 0 Å². The molecule has 6 nitrogen and oxygen atoms in total. The van der Waals surface area contributed by atoms with Gasteiger partial charge in [-0.25, -0.2) is 0 Å². The summed E-state index contributed by atoms with van der Waals surface area (Å²) in [7, 11) is 0. The van der Waals surface area contributed by atoms with Crippen LogP contribution in [0.15, 0.2) is 0 Å². The number of likely N-dealkylation sites (N-methyl/N-ethyl adjacent to an activating group) is 1. The number of ketones is 1. The molecule has 134 valence electrons. The summed E-state index contributed by atoms with van der Waals surface area (Å²) in [4.78, 5) is 29.7. The number of hydrogen-bond acceptors (Lipinski definition) is 6. The molecule has 0 aromatic heterocycles. The fourth-order valence-corrected chi connectivity index (χ4v) is 2.54. The van der Waals surface area contributed by atoms with Crippen molar-refractivity contribution in [2.24, 2.45) is 5.41 Å². The van der Waals surface area contributed by atoms with Gasteiger partial charge >= 0.3 is 0 Å². The molecule has 0 radical (unpaired) electrons. The number of carbonyl (C=O) groups is 2. The molecule has 6 heteroatoms. The summed E-state index contributed by atoms with van der Waals surface area (Å²) in [5, 5.41) is 0. The van der Waals surface area contributed by atoms with Crippen molar-refractivity contribution in [1.29, 1.82) is 0 Å². The van der Waals surface area contributed by atoms with E-state index in [0.29, 0.717) is 25.5 Å². The molecule has 0 unspecified atom stereocenters. The largest absolute Gasteiger partial charge is 0.452 e. The summed E-state index contributed by atoms with van der Waals surface area (Å²) in [5.74, 6) is 0.304. The van der Waals surface area contributed by atoms with Gasteiger partial charge in [0.05, 0.1) is 6.54 Å². The lowest BCUT2D eigenvalue weighted by Gasteiger charge is -2.28. The molecule has 0 N–H and O–H groups in total. The molecule has 1 aliphatic heterocycles. The predicted octanol–water partition coefficient (Wildman–Crippen LogP) is 1.06. The Bertz CT molecular complexity index is 374. The Morgan fingerprint density at radius 1 is 1.00 bits per heavy atom. The molecule has 0 bridgehead atoms. The lowest BCUT2D eigenvalue weighted by atomic mass is 9.85. The molecule has 0 aromatic carbocycles. The third-order valence-electron chi connectivity index (χ3n) is 4.98. The standard InChI is InChI=1S/C17H33N3O3/c1-5-17(3,4)16(22)13-19-9-7-18(6-2)8-11-20(12-10-19)14-23-15-21/h15H,5-14H2,1-4H3. The molecule has 1 heterocycles. The number of carbonyl (C=O) groups excluding carboxylic acids is 2. The van der Waals surface area contributed by atoms with E-state index in [9.17, 15) is 9.59 Å². The van der Waals surface area contributed by atoms with E-state index in [1.165, 1.54) is 0 Å². The predicted molar refractivity (Wildman–Crippen MR) is 91.2 cm³/mol. The Hall–Kier alpha value is -0.980. The number of rotatable bonds is 8. The molecule has 0 aliphatic carbocycles. The van der Waals surface area contributed by atoms with E-state index in [1.54, 1.807) is 0 Å². The van der Waals surface area contributed by atoms with Crippen LogP contribution in [0.2, 0.25) is 0 Å². The normalized spacial score (nSPS) is 19.7. The smallest absolute Gasteiger partial charge is 0.294 e. The van der Waals surface area contributed by atoms with Crippen LogP contribution in [0.5, 0.6) is 0 Å². The van der Waals surface area contributed by atoms with E-state index >= 15 is 0 Å². The summed E-state index contributed by atoms with van der Waals surface area (Å²) in [5.41, 5.74) is -0.261. The van der Waals surface area contributed by atoms with Crippen LogP contribution in [0, 0.1) is 5.41 Å². The highest BCUT2D eigenvalue weighted by Crippen LogP contribution is 2.21. The van der Waals surface area contributed by atoms with Crippen molar-refractivity contribution in [3.05, 3.63) is 0 Å².